The van der Waals surface area contributed by atoms with Crippen LogP contribution in [0.5, 0.6) is 0 Å². The Hall–Kier alpha value is -3.78. The molecule has 0 spiro atoms. The fourth-order valence-electron chi connectivity index (χ4n) is 4.06. The summed E-state index contributed by atoms with van der Waals surface area (Å²) in [6.45, 7) is 4.94. The summed E-state index contributed by atoms with van der Waals surface area (Å²) in [5, 5.41) is 15.0. The largest absolute Gasteiger partial charge is 0.477 e. The van der Waals surface area contributed by atoms with Crippen molar-refractivity contribution in [3.8, 4) is 16.8 Å². The summed E-state index contributed by atoms with van der Waals surface area (Å²) >= 11 is 0. The third-order valence-corrected chi connectivity index (χ3v) is 5.66. The number of pyridine rings is 1. The highest BCUT2D eigenvalue weighted by molar-refractivity contribution is 6.00. The molecule has 1 N–H and O–H groups in total. The van der Waals surface area contributed by atoms with Gasteiger partial charge in [-0.25, -0.2) is 18.9 Å². The van der Waals surface area contributed by atoms with Crippen LogP contribution in [-0.2, 0) is 4.74 Å². The Labute approximate surface area is 183 Å². The first kappa shape index (κ1) is 20.1. The molecule has 1 saturated heterocycles. The molecular weight excluding hydrogens is 411 g/mol. The van der Waals surface area contributed by atoms with E-state index in [4.69, 9.17) is 4.74 Å². The van der Waals surface area contributed by atoms with Gasteiger partial charge >= 0.3 is 5.97 Å². The highest BCUT2D eigenvalue weighted by Crippen LogP contribution is 2.33. The predicted octanol–water partition coefficient (Wildman–Crippen LogP) is 4.07. The van der Waals surface area contributed by atoms with Crippen molar-refractivity contribution in [2.75, 3.05) is 31.2 Å². The van der Waals surface area contributed by atoms with Crippen molar-refractivity contribution in [1.29, 1.82) is 0 Å². The van der Waals surface area contributed by atoms with Gasteiger partial charge < -0.3 is 14.7 Å². The number of rotatable bonds is 4. The molecule has 1 aliphatic heterocycles. The van der Waals surface area contributed by atoms with Gasteiger partial charge in [0.25, 0.3) is 0 Å². The number of anilines is 1. The normalized spacial score (nSPS) is 14.1. The molecule has 0 saturated carbocycles. The Morgan fingerprint density at radius 2 is 1.69 bits per heavy atom. The smallest absolute Gasteiger partial charge is 0.354 e. The first-order chi connectivity index (χ1) is 15.5. The molecule has 1 fully saturated rings. The van der Waals surface area contributed by atoms with Crippen molar-refractivity contribution in [2.24, 2.45) is 0 Å². The van der Waals surface area contributed by atoms with Crippen molar-refractivity contribution >= 4 is 22.7 Å². The van der Waals surface area contributed by atoms with Gasteiger partial charge in [0, 0.05) is 18.8 Å². The van der Waals surface area contributed by atoms with E-state index >= 15 is 0 Å². The number of aromatic nitrogens is 3. The Bertz CT molecular complexity index is 1290. The van der Waals surface area contributed by atoms with Gasteiger partial charge in [0.15, 0.2) is 11.3 Å². The van der Waals surface area contributed by atoms with Crippen LogP contribution < -0.4 is 4.90 Å². The molecule has 0 amide bonds. The Morgan fingerprint density at radius 1 is 1.03 bits per heavy atom. The van der Waals surface area contributed by atoms with Crippen LogP contribution in [0.25, 0.3) is 27.8 Å². The van der Waals surface area contributed by atoms with Crippen LogP contribution in [0, 0.1) is 12.7 Å². The summed E-state index contributed by atoms with van der Waals surface area (Å²) in [5.74, 6) is -1.48. The van der Waals surface area contributed by atoms with Gasteiger partial charge in [0.2, 0.25) is 0 Å². The summed E-state index contributed by atoms with van der Waals surface area (Å²) in [6.07, 6.45) is 0. The molecule has 162 valence electrons. The Kier molecular flexibility index (Phi) is 5.07. The van der Waals surface area contributed by atoms with Gasteiger partial charge in [-0.2, -0.15) is 5.10 Å². The van der Waals surface area contributed by atoms with Gasteiger partial charge in [0.05, 0.1) is 30.0 Å². The third-order valence-electron chi connectivity index (χ3n) is 5.66. The first-order valence-electron chi connectivity index (χ1n) is 10.3. The summed E-state index contributed by atoms with van der Waals surface area (Å²) in [5.41, 5.74) is 4.37. The van der Waals surface area contributed by atoms with E-state index in [9.17, 15) is 14.3 Å². The van der Waals surface area contributed by atoms with Crippen molar-refractivity contribution in [1.82, 2.24) is 14.8 Å². The molecule has 0 unspecified atom stereocenters. The number of benzene rings is 2. The fourth-order valence-corrected chi connectivity index (χ4v) is 4.06. The minimum atomic E-state index is -1.12. The number of aromatic carboxylic acids is 1. The average molecular weight is 432 g/mol. The topological polar surface area (TPSA) is 80.5 Å². The maximum atomic E-state index is 13.4. The van der Waals surface area contributed by atoms with Crippen LogP contribution in [-0.4, -0.2) is 52.1 Å². The lowest BCUT2D eigenvalue weighted by molar-refractivity contribution is 0.0691. The van der Waals surface area contributed by atoms with E-state index in [0.717, 1.165) is 35.3 Å². The van der Waals surface area contributed by atoms with Crippen molar-refractivity contribution < 1.29 is 19.0 Å². The summed E-state index contributed by atoms with van der Waals surface area (Å²) in [6, 6.07) is 15.5. The Balaban J connectivity index is 1.65. The van der Waals surface area contributed by atoms with Gasteiger partial charge in [-0.1, -0.05) is 12.1 Å². The second kappa shape index (κ2) is 8.05. The van der Waals surface area contributed by atoms with Crippen LogP contribution in [0.3, 0.4) is 0 Å². The molecule has 0 atom stereocenters. The van der Waals surface area contributed by atoms with E-state index in [-0.39, 0.29) is 11.5 Å². The number of carboxylic acids is 1. The number of carboxylic acid groups (broad SMARTS) is 1. The minimum absolute atomic E-state index is 0.0759. The zero-order valence-electron chi connectivity index (χ0n) is 17.5. The van der Waals surface area contributed by atoms with E-state index in [1.165, 1.54) is 12.1 Å². The molecule has 0 aliphatic carbocycles. The van der Waals surface area contributed by atoms with E-state index in [0.29, 0.717) is 30.2 Å². The van der Waals surface area contributed by atoms with Crippen molar-refractivity contribution in [2.45, 2.75) is 6.92 Å². The quantitative estimate of drug-likeness (QED) is 0.524. The molecule has 2 aromatic heterocycles. The minimum Gasteiger partial charge on any atom is -0.477 e. The summed E-state index contributed by atoms with van der Waals surface area (Å²) in [4.78, 5) is 18.4. The van der Waals surface area contributed by atoms with Gasteiger partial charge in [-0.3, -0.25) is 0 Å². The van der Waals surface area contributed by atoms with Crippen molar-refractivity contribution in [3.05, 3.63) is 71.8 Å². The van der Waals surface area contributed by atoms with Gasteiger partial charge in [-0.05, 0) is 60.5 Å². The lowest BCUT2D eigenvalue weighted by Gasteiger charge is -2.29. The second-order valence-corrected chi connectivity index (χ2v) is 7.68. The second-order valence-electron chi connectivity index (χ2n) is 7.68. The lowest BCUT2D eigenvalue weighted by atomic mass is 10.0. The van der Waals surface area contributed by atoms with Crippen LogP contribution in [0.4, 0.5) is 10.1 Å². The molecule has 1 aliphatic rings. The van der Waals surface area contributed by atoms with Gasteiger partial charge in [0.1, 0.15) is 5.82 Å². The van der Waals surface area contributed by atoms with Crippen LogP contribution in [0.1, 0.15) is 16.2 Å². The number of nitrogens with zero attached hydrogens (tertiary/aromatic N) is 4. The molecular formula is C24H21FN4O3. The lowest BCUT2D eigenvalue weighted by Crippen LogP contribution is -2.36. The maximum absolute atomic E-state index is 13.4. The predicted molar refractivity (Wildman–Crippen MR) is 119 cm³/mol. The number of morpholine rings is 1. The summed E-state index contributed by atoms with van der Waals surface area (Å²) in [7, 11) is 0. The highest BCUT2D eigenvalue weighted by Gasteiger charge is 2.20. The molecule has 5 rings (SSSR count). The fraction of sp³-hybridized carbons (Fsp3) is 0.208. The maximum Gasteiger partial charge on any atom is 0.354 e. The average Bonchev–Trinajstić information content (AvgIpc) is 3.16. The molecule has 0 bridgehead atoms. The van der Waals surface area contributed by atoms with E-state index in [1.54, 1.807) is 22.9 Å². The number of carbonyl (C=O) groups is 1. The van der Waals surface area contributed by atoms with Crippen molar-refractivity contribution in [3.63, 3.8) is 0 Å². The summed E-state index contributed by atoms with van der Waals surface area (Å²) < 4.78 is 20.4. The molecule has 7 nitrogen and oxygen atoms in total. The SMILES string of the molecule is Cc1nn(-c2ccc(F)cc2)c2nc(C(=O)O)cc(-c3ccc(N4CCOCC4)cc3)c12. The third kappa shape index (κ3) is 3.58. The first-order valence-corrected chi connectivity index (χ1v) is 10.3. The number of hydrogen-bond acceptors (Lipinski definition) is 5. The molecule has 3 heterocycles. The number of fused-ring (bicyclic) bond motifs is 1. The molecule has 0 radical (unpaired) electrons. The van der Waals surface area contributed by atoms with Crippen LogP contribution in [0.15, 0.2) is 54.6 Å². The van der Waals surface area contributed by atoms with Crippen LogP contribution >= 0.6 is 0 Å². The molecule has 32 heavy (non-hydrogen) atoms. The Morgan fingerprint density at radius 3 is 2.34 bits per heavy atom. The standard InChI is InChI=1S/C24H21FN4O3/c1-15-22-20(16-2-6-18(7-3-16)28-10-12-32-13-11-28)14-21(24(30)31)26-23(22)29(27-15)19-8-4-17(25)5-9-19/h2-9,14H,10-13H2,1H3,(H,30,31). The van der Waals surface area contributed by atoms with E-state index in [1.807, 2.05) is 31.2 Å². The number of hydrogen-bond donors (Lipinski definition) is 1. The number of halogens is 1. The molecule has 4 aromatic rings. The number of aryl methyl sites for hydroxylation is 1. The molecule has 2 aromatic carbocycles. The zero-order valence-corrected chi connectivity index (χ0v) is 17.5. The highest BCUT2D eigenvalue weighted by atomic mass is 19.1. The number of ether oxygens (including phenoxy) is 1. The molecule has 8 heteroatoms. The van der Waals surface area contributed by atoms with E-state index < -0.39 is 5.97 Å². The zero-order chi connectivity index (χ0) is 22.2. The van der Waals surface area contributed by atoms with E-state index in [2.05, 4.69) is 15.0 Å². The van der Waals surface area contributed by atoms with Gasteiger partial charge in [-0.15, -0.1) is 0 Å². The van der Waals surface area contributed by atoms with Crippen LogP contribution in [0.2, 0.25) is 0 Å². The monoisotopic (exact) mass is 432 g/mol.